The Balaban J connectivity index is 1.45. The Morgan fingerprint density at radius 3 is 2.53 bits per heavy atom. The lowest BCUT2D eigenvalue weighted by Gasteiger charge is -2.21. The molecule has 2 fully saturated rings. The third kappa shape index (κ3) is 4.50. The molecule has 1 aliphatic heterocycles. The maximum atomic E-state index is 12.7. The zero-order valence-corrected chi connectivity index (χ0v) is 18.6. The third-order valence-corrected chi connectivity index (χ3v) is 5.81. The SMILES string of the molecule is CCOc1ccc(Oc2ccc(Cl)cc2NC(=O)CN2C(=O)N[C@](C)(C3CC3)C2=O)cc1. The number of halogens is 1. The molecule has 9 heteroatoms. The summed E-state index contributed by atoms with van der Waals surface area (Å²) in [5, 5.41) is 5.82. The van der Waals surface area contributed by atoms with Gasteiger partial charge >= 0.3 is 6.03 Å². The number of anilines is 1. The summed E-state index contributed by atoms with van der Waals surface area (Å²) in [6, 6.07) is 11.3. The van der Waals surface area contributed by atoms with Crippen LogP contribution in [0.5, 0.6) is 17.2 Å². The maximum absolute atomic E-state index is 12.7. The molecule has 8 nitrogen and oxygen atoms in total. The van der Waals surface area contributed by atoms with Crippen LogP contribution in [0.15, 0.2) is 42.5 Å². The highest BCUT2D eigenvalue weighted by molar-refractivity contribution is 6.31. The molecule has 0 radical (unpaired) electrons. The molecule has 2 N–H and O–H groups in total. The van der Waals surface area contributed by atoms with E-state index in [1.165, 1.54) is 0 Å². The predicted octanol–water partition coefficient (Wildman–Crippen LogP) is 4.19. The number of benzene rings is 2. The lowest BCUT2D eigenvalue weighted by Crippen LogP contribution is -2.46. The van der Waals surface area contributed by atoms with Crippen LogP contribution in [-0.4, -0.2) is 41.4 Å². The highest BCUT2D eigenvalue weighted by Gasteiger charge is 2.56. The normalized spacial score (nSPS) is 20.2. The molecular formula is C23H24ClN3O5. The van der Waals surface area contributed by atoms with Crippen LogP contribution in [-0.2, 0) is 9.59 Å². The molecule has 1 saturated carbocycles. The summed E-state index contributed by atoms with van der Waals surface area (Å²) >= 11 is 6.10. The van der Waals surface area contributed by atoms with Crippen LogP contribution in [0.2, 0.25) is 5.02 Å². The number of carbonyl (C=O) groups is 3. The van der Waals surface area contributed by atoms with Crippen molar-refractivity contribution < 1.29 is 23.9 Å². The first kappa shape index (κ1) is 22.0. The van der Waals surface area contributed by atoms with Crippen LogP contribution in [0.3, 0.4) is 0 Å². The molecule has 0 aromatic heterocycles. The molecule has 2 aromatic carbocycles. The number of imide groups is 1. The highest BCUT2D eigenvalue weighted by Crippen LogP contribution is 2.42. The van der Waals surface area contributed by atoms with Gasteiger partial charge in [-0.05, 0) is 75.1 Å². The molecule has 1 heterocycles. The van der Waals surface area contributed by atoms with Crippen LogP contribution < -0.4 is 20.1 Å². The van der Waals surface area contributed by atoms with Crippen LogP contribution in [0, 0.1) is 5.92 Å². The summed E-state index contributed by atoms with van der Waals surface area (Å²) in [6.45, 7) is 3.77. The molecule has 1 atom stereocenters. The molecule has 32 heavy (non-hydrogen) atoms. The Labute approximate surface area is 190 Å². The van der Waals surface area contributed by atoms with Crippen molar-refractivity contribution in [3.8, 4) is 17.2 Å². The fourth-order valence-electron chi connectivity index (χ4n) is 3.72. The fourth-order valence-corrected chi connectivity index (χ4v) is 3.89. The van der Waals surface area contributed by atoms with Crippen molar-refractivity contribution in [2.75, 3.05) is 18.5 Å². The number of hydrogen-bond donors (Lipinski definition) is 2. The van der Waals surface area contributed by atoms with Gasteiger partial charge in [0.2, 0.25) is 5.91 Å². The van der Waals surface area contributed by atoms with Crippen LogP contribution in [0.1, 0.15) is 26.7 Å². The van der Waals surface area contributed by atoms with E-state index in [2.05, 4.69) is 10.6 Å². The van der Waals surface area contributed by atoms with E-state index in [1.54, 1.807) is 49.4 Å². The molecule has 0 spiro atoms. The van der Waals surface area contributed by atoms with E-state index >= 15 is 0 Å². The van der Waals surface area contributed by atoms with E-state index in [-0.39, 0.29) is 11.8 Å². The Morgan fingerprint density at radius 2 is 1.88 bits per heavy atom. The minimum absolute atomic E-state index is 0.119. The Kier molecular flexibility index (Phi) is 5.97. The van der Waals surface area contributed by atoms with Crippen molar-refractivity contribution in [3.05, 3.63) is 47.5 Å². The second kappa shape index (κ2) is 8.70. The predicted molar refractivity (Wildman–Crippen MR) is 119 cm³/mol. The van der Waals surface area contributed by atoms with Gasteiger partial charge in [-0.15, -0.1) is 0 Å². The van der Waals surface area contributed by atoms with Crippen LogP contribution in [0.25, 0.3) is 0 Å². The number of urea groups is 1. The maximum Gasteiger partial charge on any atom is 0.325 e. The number of rotatable bonds is 8. The standard InChI is InChI=1S/C23H24ClN3O5/c1-3-31-16-7-9-17(10-8-16)32-19-11-6-15(24)12-18(19)25-20(28)13-27-21(29)23(2,14-4-5-14)26-22(27)30/h6-12,14H,3-5,13H2,1-2H3,(H,25,28)(H,26,30)/t23-/m1/s1. The molecule has 0 unspecified atom stereocenters. The molecule has 4 rings (SSSR count). The quantitative estimate of drug-likeness (QED) is 0.579. The number of hydrogen-bond acceptors (Lipinski definition) is 5. The van der Waals surface area contributed by atoms with Gasteiger partial charge in [-0.25, -0.2) is 4.79 Å². The molecule has 1 saturated heterocycles. The van der Waals surface area contributed by atoms with Crippen molar-refractivity contribution in [1.82, 2.24) is 10.2 Å². The second-order valence-electron chi connectivity index (χ2n) is 7.99. The van der Waals surface area contributed by atoms with Gasteiger partial charge in [0.15, 0.2) is 5.75 Å². The van der Waals surface area contributed by atoms with E-state index in [0.717, 1.165) is 23.5 Å². The Morgan fingerprint density at radius 1 is 1.19 bits per heavy atom. The molecule has 168 valence electrons. The first-order chi connectivity index (χ1) is 15.3. The van der Waals surface area contributed by atoms with E-state index in [0.29, 0.717) is 28.8 Å². The van der Waals surface area contributed by atoms with E-state index in [9.17, 15) is 14.4 Å². The monoisotopic (exact) mass is 457 g/mol. The van der Waals surface area contributed by atoms with Gasteiger partial charge in [0.1, 0.15) is 23.6 Å². The van der Waals surface area contributed by atoms with Crippen molar-refractivity contribution >= 4 is 35.1 Å². The van der Waals surface area contributed by atoms with Gasteiger partial charge in [0.25, 0.3) is 5.91 Å². The number of nitrogens with zero attached hydrogens (tertiary/aromatic N) is 1. The van der Waals surface area contributed by atoms with Crippen LogP contribution in [0.4, 0.5) is 10.5 Å². The first-order valence-electron chi connectivity index (χ1n) is 10.4. The minimum atomic E-state index is -0.935. The van der Waals surface area contributed by atoms with Crippen LogP contribution >= 0.6 is 11.6 Å². The highest BCUT2D eigenvalue weighted by atomic mass is 35.5. The number of carbonyl (C=O) groups excluding carboxylic acids is 3. The molecule has 1 aliphatic carbocycles. The van der Waals surface area contributed by atoms with Crippen molar-refractivity contribution in [2.45, 2.75) is 32.2 Å². The third-order valence-electron chi connectivity index (χ3n) is 5.57. The summed E-state index contributed by atoms with van der Waals surface area (Å²) in [6.07, 6.45) is 1.77. The van der Waals surface area contributed by atoms with Gasteiger partial charge < -0.3 is 20.1 Å². The molecule has 4 amide bonds. The summed E-state index contributed by atoms with van der Waals surface area (Å²) in [5.74, 6) is 0.835. The van der Waals surface area contributed by atoms with Gasteiger partial charge in [-0.1, -0.05) is 11.6 Å². The van der Waals surface area contributed by atoms with Crippen molar-refractivity contribution in [1.29, 1.82) is 0 Å². The Bertz CT molecular complexity index is 1050. The fraction of sp³-hybridized carbons (Fsp3) is 0.348. The smallest absolute Gasteiger partial charge is 0.325 e. The van der Waals surface area contributed by atoms with E-state index in [1.807, 2.05) is 6.92 Å². The van der Waals surface area contributed by atoms with E-state index < -0.39 is 24.0 Å². The molecule has 0 bridgehead atoms. The topological polar surface area (TPSA) is 97.0 Å². The second-order valence-corrected chi connectivity index (χ2v) is 8.43. The number of nitrogens with one attached hydrogen (secondary N) is 2. The summed E-state index contributed by atoms with van der Waals surface area (Å²) in [5.41, 5.74) is -0.608. The van der Waals surface area contributed by atoms with Gasteiger partial charge in [-0.3, -0.25) is 14.5 Å². The summed E-state index contributed by atoms with van der Waals surface area (Å²) in [4.78, 5) is 38.7. The van der Waals surface area contributed by atoms with Crippen molar-refractivity contribution in [2.24, 2.45) is 5.92 Å². The van der Waals surface area contributed by atoms with Crippen molar-refractivity contribution in [3.63, 3.8) is 0 Å². The summed E-state index contributed by atoms with van der Waals surface area (Å²) < 4.78 is 11.3. The first-order valence-corrected chi connectivity index (χ1v) is 10.8. The molecule has 2 aliphatic rings. The largest absolute Gasteiger partial charge is 0.494 e. The van der Waals surface area contributed by atoms with Gasteiger partial charge in [-0.2, -0.15) is 0 Å². The minimum Gasteiger partial charge on any atom is -0.494 e. The zero-order chi connectivity index (χ0) is 22.9. The molecular weight excluding hydrogens is 434 g/mol. The number of ether oxygens (including phenoxy) is 2. The average Bonchev–Trinajstić information content (AvgIpc) is 3.58. The zero-order valence-electron chi connectivity index (χ0n) is 17.8. The van der Waals surface area contributed by atoms with Gasteiger partial charge in [0.05, 0.1) is 12.3 Å². The molecule has 2 aromatic rings. The summed E-state index contributed by atoms with van der Waals surface area (Å²) in [7, 11) is 0. The Hall–Kier alpha value is -3.26. The van der Waals surface area contributed by atoms with E-state index in [4.69, 9.17) is 21.1 Å². The lowest BCUT2D eigenvalue weighted by atomic mass is 9.96. The number of amides is 4. The van der Waals surface area contributed by atoms with Gasteiger partial charge in [0, 0.05) is 5.02 Å². The average molecular weight is 458 g/mol. The lowest BCUT2D eigenvalue weighted by molar-refractivity contribution is -0.134.